The van der Waals surface area contributed by atoms with Crippen LogP contribution in [0.3, 0.4) is 0 Å². The summed E-state index contributed by atoms with van der Waals surface area (Å²) in [7, 11) is 2.11. The maximum atomic E-state index is 9.56. The van der Waals surface area contributed by atoms with Crippen molar-refractivity contribution in [2.24, 2.45) is 7.05 Å². The molecule has 3 aromatic rings. The van der Waals surface area contributed by atoms with Crippen molar-refractivity contribution >= 4 is 10.8 Å². The minimum Gasteiger partial charge on any atom is -0.200 e. The number of nitrogens with zero attached hydrogens (tertiary/aromatic N) is 2. The van der Waals surface area contributed by atoms with Gasteiger partial charge in [0.25, 0.3) is 0 Å². The van der Waals surface area contributed by atoms with Crippen molar-refractivity contribution in [2.75, 3.05) is 0 Å². The highest BCUT2D eigenvalue weighted by Crippen LogP contribution is 2.34. The Balaban J connectivity index is 2.40. The molecule has 0 saturated carbocycles. The largest absolute Gasteiger partial charge is 0.220 e. The fourth-order valence-electron chi connectivity index (χ4n) is 3.88. The number of fused-ring (bicyclic) bond motifs is 1. The molecule has 0 aliphatic heterocycles. The first-order chi connectivity index (χ1) is 12.2. The Morgan fingerprint density at radius 2 is 1.65 bits per heavy atom. The summed E-state index contributed by atoms with van der Waals surface area (Å²) < 4.78 is 2.21. The highest BCUT2D eigenvalue weighted by Gasteiger charge is 2.25. The van der Waals surface area contributed by atoms with Crippen molar-refractivity contribution < 1.29 is 4.57 Å². The average Bonchev–Trinajstić information content (AvgIpc) is 2.58. The van der Waals surface area contributed by atoms with Gasteiger partial charge in [-0.2, -0.15) is 5.26 Å². The Bertz CT molecular complexity index is 1070. The van der Waals surface area contributed by atoms with Crippen molar-refractivity contribution in [3.05, 3.63) is 64.3 Å². The molecule has 2 aromatic carbocycles. The zero-order valence-corrected chi connectivity index (χ0v) is 16.9. The average molecular weight is 343 g/mol. The van der Waals surface area contributed by atoms with E-state index in [2.05, 4.69) is 81.9 Å². The summed E-state index contributed by atoms with van der Waals surface area (Å²) in [5, 5.41) is 12.0. The highest BCUT2D eigenvalue weighted by molar-refractivity contribution is 5.95. The van der Waals surface area contributed by atoms with Crippen molar-refractivity contribution in [1.29, 1.82) is 5.26 Å². The molecule has 2 nitrogen and oxygen atoms in total. The highest BCUT2D eigenvalue weighted by atomic mass is 14.9. The van der Waals surface area contributed by atoms with E-state index in [0.29, 0.717) is 0 Å². The van der Waals surface area contributed by atoms with E-state index in [-0.39, 0.29) is 0 Å². The van der Waals surface area contributed by atoms with Crippen LogP contribution < -0.4 is 4.57 Å². The van der Waals surface area contributed by atoms with Gasteiger partial charge in [0.2, 0.25) is 5.69 Å². The van der Waals surface area contributed by atoms with E-state index in [1.54, 1.807) is 0 Å². The molecule has 132 valence electrons. The van der Waals surface area contributed by atoms with Gasteiger partial charge in [-0.3, -0.25) is 0 Å². The first-order valence-electron chi connectivity index (χ1n) is 9.08. The summed E-state index contributed by atoms with van der Waals surface area (Å²) in [4.78, 5) is 0. The summed E-state index contributed by atoms with van der Waals surface area (Å²) in [6, 6.07) is 13.5. The number of benzene rings is 2. The summed E-state index contributed by atoms with van der Waals surface area (Å²) in [6.07, 6.45) is 2.12. The number of nitriles is 1. The van der Waals surface area contributed by atoms with E-state index in [9.17, 15) is 5.26 Å². The third-order valence-corrected chi connectivity index (χ3v) is 5.50. The Hall–Kier alpha value is -2.66. The van der Waals surface area contributed by atoms with Crippen LogP contribution in [0.1, 0.15) is 41.7 Å². The molecule has 0 fully saturated rings. The number of pyridine rings is 1. The molecular formula is C24H27N2+. The third kappa shape index (κ3) is 2.88. The monoisotopic (exact) mass is 343 g/mol. The lowest BCUT2D eigenvalue weighted by Gasteiger charge is -2.20. The van der Waals surface area contributed by atoms with Gasteiger partial charge in [0.15, 0.2) is 6.20 Å². The lowest BCUT2D eigenvalue weighted by atomic mass is 9.82. The molecule has 0 aliphatic rings. The third-order valence-electron chi connectivity index (χ3n) is 5.50. The zero-order chi connectivity index (χ0) is 19.2. The Morgan fingerprint density at radius 3 is 2.31 bits per heavy atom. The smallest absolute Gasteiger partial charge is 0.200 e. The summed E-state index contributed by atoms with van der Waals surface area (Å²) in [5.41, 5.74) is 8.20. The number of hydrogen-bond acceptors (Lipinski definition) is 1. The molecule has 26 heavy (non-hydrogen) atoms. The molecule has 0 amide bonds. The molecule has 0 bridgehead atoms. The lowest BCUT2D eigenvalue weighted by Crippen LogP contribution is -2.31. The predicted molar refractivity (Wildman–Crippen MR) is 108 cm³/mol. The van der Waals surface area contributed by atoms with E-state index >= 15 is 0 Å². The van der Waals surface area contributed by atoms with Crippen molar-refractivity contribution in [1.82, 2.24) is 0 Å². The first-order valence-corrected chi connectivity index (χ1v) is 9.08. The van der Waals surface area contributed by atoms with Crippen LogP contribution in [0.2, 0.25) is 0 Å². The van der Waals surface area contributed by atoms with Crippen LogP contribution in [-0.4, -0.2) is 0 Å². The summed E-state index contributed by atoms with van der Waals surface area (Å²) in [5.74, 6) is 0. The van der Waals surface area contributed by atoms with E-state index < -0.39 is 5.41 Å². The summed E-state index contributed by atoms with van der Waals surface area (Å²) >= 11 is 0. The zero-order valence-electron chi connectivity index (χ0n) is 16.9. The van der Waals surface area contributed by atoms with E-state index in [4.69, 9.17) is 0 Å². The van der Waals surface area contributed by atoms with Crippen LogP contribution >= 0.6 is 0 Å². The van der Waals surface area contributed by atoms with Crippen molar-refractivity contribution in [3.8, 4) is 17.3 Å². The molecule has 0 unspecified atom stereocenters. The molecule has 0 saturated heterocycles. The van der Waals surface area contributed by atoms with Gasteiger partial charge in [0.1, 0.15) is 7.05 Å². The van der Waals surface area contributed by atoms with E-state index in [0.717, 1.165) is 5.56 Å². The first kappa shape index (κ1) is 18.1. The van der Waals surface area contributed by atoms with Crippen LogP contribution in [0.5, 0.6) is 0 Å². The second-order valence-corrected chi connectivity index (χ2v) is 8.02. The molecule has 2 heteroatoms. The van der Waals surface area contributed by atoms with E-state index in [1.165, 1.54) is 44.3 Å². The van der Waals surface area contributed by atoms with Crippen molar-refractivity contribution in [2.45, 2.75) is 47.0 Å². The number of rotatable bonds is 2. The second-order valence-electron chi connectivity index (χ2n) is 8.02. The van der Waals surface area contributed by atoms with Crippen molar-refractivity contribution in [3.63, 3.8) is 0 Å². The van der Waals surface area contributed by atoms with Gasteiger partial charge >= 0.3 is 0 Å². The van der Waals surface area contributed by atoms with Crippen LogP contribution in [0.15, 0.2) is 36.5 Å². The van der Waals surface area contributed by atoms with Gasteiger partial charge < -0.3 is 0 Å². The SMILES string of the molecule is Cc1cc(C)c(C)c(-c2c3cc(C)c(C(C)(C)C#N)cc3cc[n+]2C)c1. The van der Waals surface area contributed by atoms with Gasteiger partial charge in [-0.1, -0.05) is 11.6 Å². The lowest BCUT2D eigenvalue weighted by molar-refractivity contribution is -0.659. The minimum atomic E-state index is -0.494. The Morgan fingerprint density at radius 1 is 0.962 bits per heavy atom. The Labute approximate surface area is 156 Å². The maximum Gasteiger partial charge on any atom is 0.220 e. The normalized spacial score (nSPS) is 11.6. The topological polar surface area (TPSA) is 27.7 Å². The van der Waals surface area contributed by atoms with E-state index in [1.807, 2.05) is 13.8 Å². The van der Waals surface area contributed by atoms with Crippen LogP contribution in [-0.2, 0) is 12.5 Å². The van der Waals surface area contributed by atoms with Gasteiger partial charge in [0, 0.05) is 6.07 Å². The minimum absolute atomic E-state index is 0.494. The van der Waals surface area contributed by atoms with Gasteiger partial charge in [0.05, 0.1) is 22.4 Å². The van der Waals surface area contributed by atoms with Crippen LogP contribution in [0.25, 0.3) is 22.0 Å². The van der Waals surface area contributed by atoms with Gasteiger partial charge in [-0.25, -0.2) is 4.57 Å². The molecule has 3 rings (SSSR count). The fraction of sp³-hybridized carbons (Fsp3) is 0.333. The maximum absolute atomic E-state index is 9.56. The second kappa shape index (κ2) is 6.25. The molecule has 0 N–H and O–H groups in total. The van der Waals surface area contributed by atoms with Gasteiger partial charge in [-0.15, -0.1) is 0 Å². The molecular weight excluding hydrogens is 316 g/mol. The van der Waals surface area contributed by atoms with Gasteiger partial charge in [-0.05, 0) is 87.4 Å². The standard InChI is InChI=1S/C24H27N2/c1-15-10-16(2)18(4)20(11-15)23-21-12-17(3)22(24(5,6)14-25)13-19(21)8-9-26(23)7/h8-13H,1-7H3/q+1. The number of aromatic nitrogens is 1. The number of aryl methyl sites for hydroxylation is 4. The summed E-state index contributed by atoms with van der Waals surface area (Å²) in [6.45, 7) is 12.6. The molecule has 1 aromatic heterocycles. The molecule has 0 aliphatic carbocycles. The predicted octanol–water partition coefficient (Wildman–Crippen LogP) is 5.37. The van der Waals surface area contributed by atoms with Crippen LogP contribution in [0, 0.1) is 39.0 Å². The number of hydrogen-bond donors (Lipinski definition) is 0. The fourth-order valence-corrected chi connectivity index (χ4v) is 3.88. The molecule has 1 heterocycles. The molecule has 0 radical (unpaired) electrons. The Kier molecular flexibility index (Phi) is 4.36. The molecule has 0 atom stereocenters. The van der Waals surface area contributed by atoms with Crippen LogP contribution in [0.4, 0.5) is 0 Å². The molecule has 0 spiro atoms. The quantitative estimate of drug-likeness (QED) is 0.575.